The van der Waals surface area contributed by atoms with Crippen LogP contribution >= 0.6 is 0 Å². The molecule has 4 aromatic rings. The van der Waals surface area contributed by atoms with Crippen molar-refractivity contribution in [2.45, 2.75) is 6.92 Å². The second-order valence-corrected chi connectivity index (χ2v) is 5.78. The summed E-state index contributed by atoms with van der Waals surface area (Å²) >= 11 is 0. The van der Waals surface area contributed by atoms with Crippen molar-refractivity contribution < 1.29 is 13.6 Å². The monoisotopic (exact) mass is 347 g/mol. The summed E-state index contributed by atoms with van der Waals surface area (Å²) < 4.78 is 19.7. The molecule has 0 atom stereocenters. The maximum Gasteiger partial charge on any atom is 0.258 e. The van der Waals surface area contributed by atoms with Gasteiger partial charge in [-0.3, -0.25) is 4.79 Å². The number of hydrogen-bond acceptors (Lipinski definition) is 4. The van der Waals surface area contributed by atoms with E-state index in [4.69, 9.17) is 4.42 Å². The highest BCUT2D eigenvalue weighted by molar-refractivity contribution is 6.06. The van der Waals surface area contributed by atoms with E-state index < -0.39 is 11.7 Å². The third-order valence-corrected chi connectivity index (χ3v) is 4.02. The highest BCUT2D eigenvalue weighted by Crippen LogP contribution is 2.33. The van der Waals surface area contributed by atoms with Crippen LogP contribution in [0, 0.1) is 12.7 Å². The van der Waals surface area contributed by atoms with E-state index in [1.165, 1.54) is 18.2 Å². The average Bonchev–Trinajstić information content (AvgIpc) is 3.05. The summed E-state index contributed by atoms with van der Waals surface area (Å²) in [4.78, 5) is 21.1. The van der Waals surface area contributed by atoms with E-state index >= 15 is 0 Å². The van der Waals surface area contributed by atoms with Crippen molar-refractivity contribution in [1.29, 1.82) is 0 Å². The Labute approximate surface area is 148 Å². The van der Waals surface area contributed by atoms with Gasteiger partial charge in [0.15, 0.2) is 11.2 Å². The number of aromatic nitrogens is 2. The molecule has 4 rings (SSSR count). The van der Waals surface area contributed by atoms with Crippen molar-refractivity contribution in [1.82, 2.24) is 9.97 Å². The van der Waals surface area contributed by atoms with Crippen LogP contribution in [0.4, 0.5) is 10.1 Å². The molecule has 2 aromatic carbocycles. The second kappa shape index (κ2) is 6.40. The maximum absolute atomic E-state index is 13.9. The van der Waals surface area contributed by atoms with Gasteiger partial charge in [0.25, 0.3) is 5.91 Å². The molecule has 1 amide bonds. The summed E-state index contributed by atoms with van der Waals surface area (Å²) in [5, 5.41) is 2.75. The summed E-state index contributed by atoms with van der Waals surface area (Å²) in [7, 11) is 0. The number of carbonyl (C=O) groups is 1. The number of halogens is 1. The predicted molar refractivity (Wildman–Crippen MR) is 96.3 cm³/mol. The lowest BCUT2D eigenvalue weighted by Gasteiger charge is -2.11. The van der Waals surface area contributed by atoms with Crippen LogP contribution in [0.25, 0.3) is 22.7 Å². The number of benzene rings is 2. The summed E-state index contributed by atoms with van der Waals surface area (Å²) in [6.45, 7) is 1.89. The number of oxazole rings is 1. The Morgan fingerprint density at radius 1 is 1.08 bits per heavy atom. The first-order valence-corrected chi connectivity index (χ1v) is 8.01. The zero-order valence-electron chi connectivity index (χ0n) is 13.9. The SMILES string of the molecule is Cc1cccc(NC(=O)c2ccccc2F)c1-c1nc2ncccc2o1. The molecule has 0 aliphatic carbocycles. The van der Waals surface area contributed by atoms with E-state index in [9.17, 15) is 9.18 Å². The number of nitrogens with one attached hydrogen (secondary N) is 1. The van der Waals surface area contributed by atoms with Gasteiger partial charge in [0, 0.05) is 6.20 Å². The maximum atomic E-state index is 13.9. The summed E-state index contributed by atoms with van der Waals surface area (Å²) in [6.07, 6.45) is 1.63. The number of aryl methyl sites for hydroxylation is 1. The molecule has 0 bridgehead atoms. The molecule has 2 heterocycles. The van der Waals surface area contributed by atoms with Crippen molar-refractivity contribution >= 4 is 22.8 Å². The van der Waals surface area contributed by atoms with E-state index in [1.807, 2.05) is 13.0 Å². The summed E-state index contributed by atoms with van der Waals surface area (Å²) in [5.41, 5.74) is 3.00. The molecule has 0 unspecified atom stereocenters. The van der Waals surface area contributed by atoms with E-state index in [1.54, 1.807) is 36.5 Å². The van der Waals surface area contributed by atoms with Crippen LogP contribution < -0.4 is 5.32 Å². The lowest BCUT2D eigenvalue weighted by atomic mass is 10.1. The fraction of sp³-hybridized carbons (Fsp3) is 0.0500. The summed E-state index contributed by atoms with van der Waals surface area (Å²) in [5.74, 6) is -0.768. The minimum absolute atomic E-state index is 0.0285. The molecule has 6 heteroatoms. The lowest BCUT2D eigenvalue weighted by molar-refractivity contribution is 0.102. The quantitative estimate of drug-likeness (QED) is 0.588. The van der Waals surface area contributed by atoms with Crippen LogP contribution in [-0.2, 0) is 0 Å². The number of pyridine rings is 1. The van der Waals surface area contributed by atoms with Crippen molar-refractivity contribution in [2.75, 3.05) is 5.32 Å². The molecule has 0 aliphatic rings. The number of amides is 1. The Morgan fingerprint density at radius 3 is 2.73 bits per heavy atom. The minimum Gasteiger partial charge on any atom is -0.434 e. The highest BCUT2D eigenvalue weighted by atomic mass is 19.1. The van der Waals surface area contributed by atoms with Crippen LogP contribution in [0.15, 0.2) is 65.2 Å². The molecule has 0 saturated heterocycles. The molecular formula is C20H14FN3O2. The van der Waals surface area contributed by atoms with E-state index in [-0.39, 0.29) is 5.56 Å². The average molecular weight is 347 g/mol. The largest absolute Gasteiger partial charge is 0.434 e. The summed E-state index contributed by atoms with van der Waals surface area (Å²) in [6, 6.07) is 14.8. The van der Waals surface area contributed by atoms with Crippen LogP contribution in [-0.4, -0.2) is 15.9 Å². The fourth-order valence-electron chi connectivity index (χ4n) is 2.77. The van der Waals surface area contributed by atoms with Gasteiger partial charge in [0.1, 0.15) is 5.82 Å². The molecule has 0 saturated carbocycles. The van der Waals surface area contributed by atoms with Crippen LogP contribution in [0.5, 0.6) is 0 Å². The first kappa shape index (κ1) is 16.0. The van der Waals surface area contributed by atoms with Crippen LogP contribution in [0.3, 0.4) is 0 Å². The number of hydrogen-bond donors (Lipinski definition) is 1. The molecule has 2 aromatic heterocycles. The molecule has 0 radical (unpaired) electrons. The zero-order valence-corrected chi connectivity index (χ0v) is 13.9. The Bertz CT molecular complexity index is 1090. The van der Waals surface area contributed by atoms with Gasteiger partial charge < -0.3 is 9.73 Å². The van der Waals surface area contributed by atoms with Gasteiger partial charge in [-0.05, 0) is 42.8 Å². The van der Waals surface area contributed by atoms with E-state index in [2.05, 4.69) is 15.3 Å². The lowest BCUT2D eigenvalue weighted by Crippen LogP contribution is -2.14. The number of rotatable bonds is 3. The fourth-order valence-corrected chi connectivity index (χ4v) is 2.77. The first-order valence-electron chi connectivity index (χ1n) is 8.01. The molecule has 0 spiro atoms. The molecule has 128 valence electrons. The van der Waals surface area contributed by atoms with Crippen molar-refractivity contribution in [3.63, 3.8) is 0 Å². The molecule has 0 aliphatic heterocycles. The van der Waals surface area contributed by atoms with Crippen molar-refractivity contribution in [3.8, 4) is 11.5 Å². The standard InChI is InChI=1S/C20H14FN3O2/c1-12-6-4-9-15(23-19(25)13-7-2-3-8-14(13)21)17(12)20-24-18-16(26-20)10-5-11-22-18/h2-11H,1H3,(H,23,25). The molecule has 0 fully saturated rings. The third-order valence-electron chi connectivity index (χ3n) is 4.02. The number of anilines is 1. The van der Waals surface area contributed by atoms with Gasteiger partial charge in [-0.1, -0.05) is 24.3 Å². The number of carbonyl (C=O) groups excluding carboxylic acids is 1. The zero-order chi connectivity index (χ0) is 18.1. The van der Waals surface area contributed by atoms with Gasteiger partial charge >= 0.3 is 0 Å². The number of nitrogens with zero attached hydrogens (tertiary/aromatic N) is 2. The van der Waals surface area contributed by atoms with Crippen LogP contribution in [0.2, 0.25) is 0 Å². The normalized spacial score (nSPS) is 10.8. The highest BCUT2D eigenvalue weighted by Gasteiger charge is 2.18. The molecule has 26 heavy (non-hydrogen) atoms. The first-order chi connectivity index (χ1) is 12.6. The Morgan fingerprint density at radius 2 is 1.92 bits per heavy atom. The van der Waals surface area contributed by atoms with Gasteiger partial charge in [-0.2, -0.15) is 4.98 Å². The molecule has 5 nitrogen and oxygen atoms in total. The number of fused-ring (bicyclic) bond motifs is 1. The predicted octanol–water partition coefficient (Wildman–Crippen LogP) is 4.59. The second-order valence-electron chi connectivity index (χ2n) is 5.78. The smallest absolute Gasteiger partial charge is 0.258 e. The topological polar surface area (TPSA) is 68.0 Å². The van der Waals surface area contributed by atoms with Gasteiger partial charge in [0.2, 0.25) is 5.89 Å². The third kappa shape index (κ3) is 2.82. The minimum atomic E-state index is -0.578. The Balaban J connectivity index is 1.77. The van der Waals surface area contributed by atoms with Gasteiger partial charge in [0.05, 0.1) is 16.8 Å². The van der Waals surface area contributed by atoms with Gasteiger partial charge in [-0.25, -0.2) is 9.37 Å². The van der Waals surface area contributed by atoms with Crippen molar-refractivity contribution in [3.05, 3.63) is 77.7 Å². The Kier molecular flexibility index (Phi) is 3.93. The van der Waals surface area contributed by atoms with E-state index in [0.29, 0.717) is 28.4 Å². The van der Waals surface area contributed by atoms with E-state index in [0.717, 1.165) is 5.56 Å². The molecule has 1 N–H and O–H groups in total. The van der Waals surface area contributed by atoms with Gasteiger partial charge in [-0.15, -0.1) is 0 Å². The molecular weight excluding hydrogens is 333 g/mol. The van der Waals surface area contributed by atoms with Crippen LogP contribution in [0.1, 0.15) is 15.9 Å². The Hall–Kier alpha value is -3.54. The van der Waals surface area contributed by atoms with Crippen molar-refractivity contribution in [2.24, 2.45) is 0 Å².